The van der Waals surface area contributed by atoms with Crippen molar-refractivity contribution in [1.82, 2.24) is 5.32 Å². The van der Waals surface area contributed by atoms with Crippen molar-refractivity contribution in [3.05, 3.63) is 17.7 Å². The molecular formula is C17H25NO3S. The zero-order chi connectivity index (χ0) is 15.9. The van der Waals surface area contributed by atoms with E-state index in [9.17, 15) is 0 Å². The van der Waals surface area contributed by atoms with Gasteiger partial charge in [-0.2, -0.15) is 0 Å². The topological polar surface area (TPSA) is 39.7 Å². The van der Waals surface area contributed by atoms with Gasteiger partial charge in [-0.1, -0.05) is 31.5 Å². The summed E-state index contributed by atoms with van der Waals surface area (Å²) in [6.07, 6.45) is 7.06. The molecule has 1 aliphatic carbocycles. The molecule has 4 nitrogen and oxygen atoms in total. The van der Waals surface area contributed by atoms with E-state index in [0.29, 0.717) is 29.7 Å². The standard InChI is InChI=1S/C17H25NO3S/c1-19-14-9-12(10-15(20-2)17(14)21-3)11-16(22)18-13-7-5-4-6-8-13/h9-10,13H,4-8,11H2,1-3H3,(H,18,22). The van der Waals surface area contributed by atoms with Gasteiger partial charge in [0.2, 0.25) is 5.75 Å². The van der Waals surface area contributed by atoms with E-state index in [-0.39, 0.29) is 0 Å². The van der Waals surface area contributed by atoms with Gasteiger partial charge in [-0.05, 0) is 30.5 Å². The lowest BCUT2D eigenvalue weighted by Crippen LogP contribution is -2.36. The number of methoxy groups -OCH3 is 3. The number of hydrogen-bond acceptors (Lipinski definition) is 4. The Kier molecular flexibility index (Phi) is 6.31. The van der Waals surface area contributed by atoms with Gasteiger partial charge in [0.25, 0.3) is 0 Å². The highest BCUT2D eigenvalue weighted by atomic mass is 32.1. The highest BCUT2D eigenvalue weighted by Crippen LogP contribution is 2.38. The summed E-state index contributed by atoms with van der Waals surface area (Å²) in [7, 11) is 4.86. The van der Waals surface area contributed by atoms with E-state index in [2.05, 4.69) is 5.32 Å². The van der Waals surface area contributed by atoms with Crippen LogP contribution in [0.4, 0.5) is 0 Å². The maximum atomic E-state index is 5.51. The highest BCUT2D eigenvalue weighted by molar-refractivity contribution is 7.80. The SMILES string of the molecule is COc1cc(CC(=S)NC2CCCCC2)cc(OC)c1OC. The highest BCUT2D eigenvalue weighted by Gasteiger charge is 2.16. The quantitative estimate of drug-likeness (QED) is 0.811. The van der Waals surface area contributed by atoms with Gasteiger partial charge in [-0.25, -0.2) is 0 Å². The number of benzene rings is 1. The maximum absolute atomic E-state index is 5.51. The molecule has 0 spiro atoms. The van der Waals surface area contributed by atoms with Gasteiger partial charge in [0.1, 0.15) is 0 Å². The molecule has 0 heterocycles. The molecule has 2 rings (SSSR count). The third-order valence-electron chi connectivity index (χ3n) is 4.06. The summed E-state index contributed by atoms with van der Waals surface area (Å²) in [5.41, 5.74) is 1.06. The monoisotopic (exact) mass is 323 g/mol. The van der Waals surface area contributed by atoms with Gasteiger partial charge in [0.05, 0.1) is 26.3 Å². The van der Waals surface area contributed by atoms with Crippen molar-refractivity contribution in [2.75, 3.05) is 21.3 Å². The molecule has 1 aromatic carbocycles. The van der Waals surface area contributed by atoms with Crippen LogP contribution >= 0.6 is 12.2 Å². The molecule has 1 fully saturated rings. The van der Waals surface area contributed by atoms with Crippen LogP contribution in [0, 0.1) is 0 Å². The van der Waals surface area contributed by atoms with Crippen molar-refractivity contribution < 1.29 is 14.2 Å². The summed E-state index contributed by atoms with van der Waals surface area (Å²) in [5, 5.41) is 3.49. The molecule has 1 N–H and O–H groups in total. The van der Waals surface area contributed by atoms with E-state index in [4.69, 9.17) is 26.4 Å². The Morgan fingerprint density at radius 1 is 1.05 bits per heavy atom. The largest absolute Gasteiger partial charge is 0.493 e. The molecule has 0 saturated heterocycles. The zero-order valence-electron chi connectivity index (χ0n) is 13.6. The van der Waals surface area contributed by atoms with Crippen LogP contribution in [0.25, 0.3) is 0 Å². The van der Waals surface area contributed by atoms with Gasteiger partial charge >= 0.3 is 0 Å². The molecule has 0 radical (unpaired) electrons. The van der Waals surface area contributed by atoms with Crippen LogP contribution in [0.1, 0.15) is 37.7 Å². The van der Waals surface area contributed by atoms with E-state index in [1.807, 2.05) is 12.1 Å². The summed E-state index contributed by atoms with van der Waals surface area (Å²) in [6, 6.07) is 4.44. The minimum atomic E-state index is 0.531. The fourth-order valence-corrected chi connectivity index (χ4v) is 3.28. The fraction of sp³-hybridized carbons (Fsp3) is 0.588. The molecule has 0 unspecified atom stereocenters. The lowest BCUT2D eigenvalue weighted by atomic mass is 9.95. The molecule has 1 aromatic rings. The summed E-state index contributed by atoms with van der Waals surface area (Å²) >= 11 is 5.51. The normalized spacial score (nSPS) is 15.2. The number of thiocarbonyl (C=S) groups is 1. The van der Waals surface area contributed by atoms with Crippen molar-refractivity contribution in [2.45, 2.75) is 44.6 Å². The molecule has 0 amide bonds. The fourth-order valence-electron chi connectivity index (χ4n) is 2.95. The molecular weight excluding hydrogens is 298 g/mol. The van der Waals surface area contributed by atoms with E-state index >= 15 is 0 Å². The van der Waals surface area contributed by atoms with Crippen LogP contribution in [0.3, 0.4) is 0 Å². The number of nitrogens with one attached hydrogen (secondary N) is 1. The van der Waals surface area contributed by atoms with Gasteiger partial charge in [0.15, 0.2) is 11.5 Å². The van der Waals surface area contributed by atoms with E-state index in [1.165, 1.54) is 32.1 Å². The Hall–Kier alpha value is -1.49. The van der Waals surface area contributed by atoms with E-state index in [0.717, 1.165) is 10.6 Å². The Labute approximate surface area is 138 Å². The molecule has 22 heavy (non-hydrogen) atoms. The minimum Gasteiger partial charge on any atom is -0.493 e. The third-order valence-corrected chi connectivity index (χ3v) is 4.32. The minimum absolute atomic E-state index is 0.531. The van der Waals surface area contributed by atoms with Crippen molar-refractivity contribution in [2.24, 2.45) is 0 Å². The molecule has 122 valence electrons. The van der Waals surface area contributed by atoms with Crippen LogP contribution in [-0.4, -0.2) is 32.4 Å². The number of ether oxygens (including phenoxy) is 3. The molecule has 1 saturated carbocycles. The van der Waals surface area contributed by atoms with Gasteiger partial charge in [0, 0.05) is 12.5 Å². The summed E-state index contributed by atoms with van der Waals surface area (Å²) in [5.74, 6) is 1.94. The first kappa shape index (κ1) is 16.9. The van der Waals surface area contributed by atoms with Gasteiger partial charge < -0.3 is 19.5 Å². The second-order valence-electron chi connectivity index (χ2n) is 5.61. The van der Waals surface area contributed by atoms with Crippen molar-refractivity contribution >= 4 is 17.2 Å². The van der Waals surface area contributed by atoms with Crippen LogP contribution in [0.2, 0.25) is 0 Å². The average molecular weight is 323 g/mol. The molecule has 0 atom stereocenters. The predicted octanol–water partition coefficient (Wildman–Crippen LogP) is 3.50. The zero-order valence-corrected chi connectivity index (χ0v) is 14.4. The summed E-state index contributed by atoms with van der Waals surface area (Å²) < 4.78 is 16.1. The lowest BCUT2D eigenvalue weighted by Gasteiger charge is -2.24. The first-order valence-electron chi connectivity index (χ1n) is 7.76. The summed E-state index contributed by atoms with van der Waals surface area (Å²) in [4.78, 5) is 0.876. The van der Waals surface area contributed by atoms with Crippen molar-refractivity contribution in [3.8, 4) is 17.2 Å². The van der Waals surface area contributed by atoms with Crippen molar-refractivity contribution in [1.29, 1.82) is 0 Å². The second-order valence-corrected chi connectivity index (χ2v) is 6.11. The number of rotatable bonds is 6. The van der Waals surface area contributed by atoms with Gasteiger partial charge in [-0.15, -0.1) is 0 Å². The van der Waals surface area contributed by atoms with Gasteiger partial charge in [-0.3, -0.25) is 0 Å². The number of hydrogen-bond donors (Lipinski definition) is 1. The maximum Gasteiger partial charge on any atom is 0.203 e. The van der Waals surface area contributed by atoms with E-state index in [1.54, 1.807) is 21.3 Å². The van der Waals surface area contributed by atoms with Crippen LogP contribution < -0.4 is 19.5 Å². The Balaban J connectivity index is 2.06. The third kappa shape index (κ3) is 4.26. The lowest BCUT2D eigenvalue weighted by molar-refractivity contribution is 0.324. The van der Waals surface area contributed by atoms with Crippen LogP contribution in [0.15, 0.2) is 12.1 Å². The second kappa shape index (κ2) is 8.22. The Morgan fingerprint density at radius 3 is 2.14 bits per heavy atom. The smallest absolute Gasteiger partial charge is 0.203 e. The first-order valence-corrected chi connectivity index (χ1v) is 8.17. The van der Waals surface area contributed by atoms with Crippen LogP contribution in [0.5, 0.6) is 17.2 Å². The Bertz CT molecular complexity index is 488. The predicted molar refractivity (Wildman–Crippen MR) is 92.4 cm³/mol. The van der Waals surface area contributed by atoms with Crippen LogP contribution in [-0.2, 0) is 6.42 Å². The average Bonchev–Trinajstić information content (AvgIpc) is 2.54. The molecule has 5 heteroatoms. The van der Waals surface area contributed by atoms with E-state index < -0.39 is 0 Å². The summed E-state index contributed by atoms with van der Waals surface area (Å²) in [6.45, 7) is 0. The first-order chi connectivity index (χ1) is 10.7. The van der Waals surface area contributed by atoms with Crippen molar-refractivity contribution in [3.63, 3.8) is 0 Å². The molecule has 0 aliphatic heterocycles. The molecule has 1 aliphatic rings. The molecule has 0 aromatic heterocycles. The Morgan fingerprint density at radius 2 is 1.64 bits per heavy atom. The molecule has 0 bridgehead atoms.